The van der Waals surface area contributed by atoms with Crippen molar-refractivity contribution < 1.29 is 9.53 Å². The van der Waals surface area contributed by atoms with Crippen LogP contribution in [0, 0.1) is 0 Å². The van der Waals surface area contributed by atoms with Crippen LogP contribution < -0.4 is 10.1 Å². The van der Waals surface area contributed by atoms with E-state index < -0.39 is 0 Å². The molecule has 0 spiro atoms. The van der Waals surface area contributed by atoms with Gasteiger partial charge in [-0.15, -0.1) is 11.3 Å². The third-order valence-electron chi connectivity index (χ3n) is 5.68. The van der Waals surface area contributed by atoms with Gasteiger partial charge in [-0.3, -0.25) is 4.79 Å². The summed E-state index contributed by atoms with van der Waals surface area (Å²) in [7, 11) is 1.65. The summed E-state index contributed by atoms with van der Waals surface area (Å²) >= 11 is 1.44. The van der Waals surface area contributed by atoms with Crippen LogP contribution >= 0.6 is 11.3 Å². The van der Waals surface area contributed by atoms with Gasteiger partial charge < -0.3 is 19.9 Å². The van der Waals surface area contributed by atoms with E-state index >= 15 is 0 Å². The fourth-order valence-electron chi connectivity index (χ4n) is 3.99. The average Bonchev–Trinajstić information content (AvgIpc) is 3.18. The maximum atomic E-state index is 12.6. The number of methoxy groups -OCH3 is 1. The summed E-state index contributed by atoms with van der Waals surface area (Å²) in [6, 6.07) is 9.89. The second-order valence-electron chi connectivity index (χ2n) is 7.84. The van der Waals surface area contributed by atoms with Crippen molar-refractivity contribution in [2.45, 2.75) is 19.8 Å². The van der Waals surface area contributed by atoms with E-state index in [4.69, 9.17) is 9.72 Å². The predicted molar refractivity (Wildman–Crippen MR) is 124 cm³/mol. The molecule has 3 heterocycles. The number of benzene rings is 1. The van der Waals surface area contributed by atoms with E-state index in [1.165, 1.54) is 24.3 Å². The van der Waals surface area contributed by atoms with Gasteiger partial charge in [0.25, 0.3) is 5.91 Å². The Labute approximate surface area is 181 Å². The molecule has 0 saturated carbocycles. The lowest BCUT2D eigenvalue weighted by Crippen LogP contribution is -2.47. The van der Waals surface area contributed by atoms with Crippen LogP contribution in [0.4, 0.5) is 0 Å². The van der Waals surface area contributed by atoms with Gasteiger partial charge in [-0.2, -0.15) is 0 Å². The SMILES string of the molecule is CCCN1CCN(CCCNC(=O)c2cc3cc4ccc(OC)cc4nc3s2)CC1. The fraction of sp³-hybridized carbons (Fsp3) is 0.478. The molecular weight excluding hydrogens is 396 g/mol. The number of nitrogens with one attached hydrogen (secondary N) is 1. The van der Waals surface area contributed by atoms with Crippen molar-refractivity contribution in [3.63, 3.8) is 0 Å². The molecule has 3 aromatic rings. The minimum Gasteiger partial charge on any atom is -0.497 e. The summed E-state index contributed by atoms with van der Waals surface area (Å²) in [6.45, 7) is 9.78. The molecule has 0 aliphatic carbocycles. The first-order valence-corrected chi connectivity index (χ1v) is 11.6. The highest BCUT2D eigenvalue weighted by molar-refractivity contribution is 7.20. The number of fused-ring (bicyclic) bond motifs is 2. The first kappa shape index (κ1) is 21.0. The largest absolute Gasteiger partial charge is 0.497 e. The summed E-state index contributed by atoms with van der Waals surface area (Å²) in [5.74, 6) is 0.781. The van der Waals surface area contributed by atoms with E-state index in [1.54, 1.807) is 7.11 Å². The second kappa shape index (κ2) is 9.73. The molecule has 1 aromatic carbocycles. The van der Waals surface area contributed by atoms with Gasteiger partial charge in [0, 0.05) is 49.6 Å². The van der Waals surface area contributed by atoms with E-state index in [1.807, 2.05) is 24.3 Å². The number of aromatic nitrogens is 1. The molecule has 1 aliphatic heterocycles. The van der Waals surface area contributed by atoms with Crippen molar-refractivity contribution in [1.29, 1.82) is 0 Å². The Morgan fingerprint density at radius 3 is 2.60 bits per heavy atom. The van der Waals surface area contributed by atoms with Gasteiger partial charge in [0.05, 0.1) is 17.5 Å². The minimum atomic E-state index is -0.00704. The molecule has 1 N–H and O–H groups in total. The molecule has 2 aromatic heterocycles. The molecule has 4 rings (SSSR count). The highest BCUT2D eigenvalue weighted by Gasteiger charge is 2.16. The average molecular weight is 427 g/mol. The summed E-state index contributed by atoms with van der Waals surface area (Å²) in [5, 5.41) is 5.13. The first-order valence-electron chi connectivity index (χ1n) is 10.8. The maximum Gasteiger partial charge on any atom is 0.261 e. The molecule has 0 atom stereocenters. The van der Waals surface area contributed by atoms with Crippen molar-refractivity contribution in [3.8, 4) is 5.75 Å². The van der Waals surface area contributed by atoms with Gasteiger partial charge in [0.2, 0.25) is 0 Å². The van der Waals surface area contributed by atoms with Crippen molar-refractivity contribution in [3.05, 3.63) is 35.2 Å². The third kappa shape index (κ3) is 4.91. The molecule has 1 fully saturated rings. The molecule has 0 radical (unpaired) electrons. The van der Waals surface area contributed by atoms with Crippen molar-refractivity contribution >= 4 is 38.4 Å². The second-order valence-corrected chi connectivity index (χ2v) is 8.88. The van der Waals surface area contributed by atoms with Gasteiger partial charge in [0.1, 0.15) is 10.6 Å². The molecule has 0 bridgehead atoms. The van der Waals surface area contributed by atoms with E-state index in [2.05, 4.69) is 28.1 Å². The van der Waals surface area contributed by atoms with Gasteiger partial charge >= 0.3 is 0 Å². The summed E-state index contributed by atoms with van der Waals surface area (Å²) in [4.78, 5) is 24.0. The molecular formula is C23H30N4O2S. The van der Waals surface area contributed by atoms with Crippen LogP contribution in [0.2, 0.25) is 0 Å². The Morgan fingerprint density at radius 2 is 1.87 bits per heavy atom. The van der Waals surface area contributed by atoms with Crippen LogP contribution in [0.25, 0.3) is 21.1 Å². The minimum absolute atomic E-state index is 0.00704. The van der Waals surface area contributed by atoms with E-state index in [0.29, 0.717) is 11.4 Å². The highest BCUT2D eigenvalue weighted by atomic mass is 32.1. The number of piperazine rings is 1. The molecule has 160 valence electrons. The Bertz CT molecular complexity index is 1010. The molecule has 0 unspecified atom stereocenters. The lowest BCUT2D eigenvalue weighted by atomic mass is 10.2. The first-order chi connectivity index (χ1) is 14.7. The summed E-state index contributed by atoms with van der Waals surface area (Å²) in [5.41, 5.74) is 0.884. The maximum absolute atomic E-state index is 12.6. The summed E-state index contributed by atoms with van der Waals surface area (Å²) < 4.78 is 5.29. The zero-order chi connectivity index (χ0) is 20.9. The van der Waals surface area contributed by atoms with Crippen molar-refractivity contribution in [1.82, 2.24) is 20.1 Å². The van der Waals surface area contributed by atoms with Crippen LogP contribution in [-0.4, -0.2) is 73.6 Å². The normalized spacial score (nSPS) is 15.7. The van der Waals surface area contributed by atoms with Crippen LogP contribution in [0.15, 0.2) is 30.3 Å². The van der Waals surface area contributed by atoms with Gasteiger partial charge in [-0.05, 0) is 50.2 Å². The number of amides is 1. The number of thiophene rings is 1. The van der Waals surface area contributed by atoms with Gasteiger partial charge in [0.15, 0.2) is 0 Å². The Hall–Kier alpha value is -2.22. The van der Waals surface area contributed by atoms with E-state index in [0.717, 1.165) is 66.0 Å². The van der Waals surface area contributed by atoms with Crippen LogP contribution in [-0.2, 0) is 0 Å². The molecule has 6 nitrogen and oxygen atoms in total. The lowest BCUT2D eigenvalue weighted by molar-refractivity contribution is 0.0952. The zero-order valence-corrected chi connectivity index (χ0v) is 18.6. The lowest BCUT2D eigenvalue weighted by Gasteiger charge is -2.34. The van der Waals surface area contributed by atoms with Crippen LogP contribution in [0.1, 0.15) is 29.4 Å². The van der Waals surface area contributed by atoms with Crippen LogP contribution in [0.5, 0.6) is 5.75 Å². The summed E-state index contributed by atoms with van der Waals surface area (Å²) in [6.07, 6.45) is 2.20. The third-order valence-corrected chi connectivity index (χ3v) is 6.72. The van der Waals surface area contributed by atoms with Gasteiger partial charge in [-0.25, -0.2) is 4.98 Å². The Balaban J connectivity index is 1.30. The Kier molecular flexibility index (Phi) is 6.82. The molecule has 30 heavy (non-hydrogen) atoms. The molecule has 1 aliphatic rings. The monoisotopic (exact) mass is 426 g/mol. The Morgan fingerprint density at radius 1 is 1.10 bits per heavy atom. The number of hydrogen-bond donors (Lipinski definition) is 1. The topological polar surface area (TPSA) is 57.7 Å². The number of carbonyl (C=O) groups is 1. The molecule has 1 saturated heterocycles. The smallest absolute Gasteiger partial charge is 0.261 e. The quantitative estimate of drug-likeness (QED) is 0.558. The number of carbonyl (C=O) groups excluding carboxylic acids is 1. The van der Waals surface area contributed by atoms with Crippen molar-refractivity contribution in [2.24, 2.45) is 0 Å². The number of pyridine rings is 1. The van der Waals surface area contributed by atoms with Crippen molar-refractivity contribution in [2.75, 3.05) is 52.9 Å². The highest BCUT2D eigenvalue weighted by Crippen LogP contribution is 2.29. The molecule has 7 heteroatoms. The number of rotatable bonds is 8. The number of nitrogens with zero attached hydrogens (tertiary/aromatic N) is 3. The number of ether oxygens (including phenoxy) is 1. The molecule has 1 amide bonds. The zero-order valence-electron chi connectivity index (χ0n) is 17.8. The number of hydrogen-bond acceptors (Lipinski definition) is 6. The predicted octanol–water partition coefficient (Wildman–Crippen LogP) is 3.61. The van der Waals surface area contributed by atoms with Crippen LogP contribution in [0.3, 0.4) is 0 Å². The standard InChI is InChI=1S/C23H30N4O2S/c1-3-8-26-10-12-27(13-11-26)9-4-7-24-22(28)21-15-18-14-17-5-6-19(29-2)16-20(17)25-23(18)30-21/h5-6,14-16H,3-4,7-13H2,1-2H3,(H,24,28). The fourth-order valence-corrected chi connectivity index (χ4v) is 4.93. The van der Waals surface area contributed by atoms with E-state index in [9.17, 15) is 4.79 Å². The van der Waals surface area contributed by atoms with Gasteiger partial charge in [-0.1, -0.05) is 6.92 Å². The van der Waals surface area contributed by atoms with E-state index in [-0.39, 0.29) is 5.91 Å².